The van der Waals surface area contributed by atoms with Gasteiger partial charge in [0.15, 0.2) is 5.82 Å². The predicted molar refractivity (Wildman–Crippen MR) is 74.0 cm³/mol. The summed E-state index contributed by atoms with van der Waals surface area (Å²) < 4.78 is 1.63. The van der Waals surface area contributed by atoms with Crippen LogP contribution in [0.15, 0.2) is 48.5 Å². The lowest BCUT2D eigenvalue weighted by Gasteiger charge is -2.06. The Labute approximate surface area is 114 Å². The lowest BCUT2D eigenvalue weighted by atomic mass is 10.1. The van der Waals surface area contributed by atoms with Crippen molar-refractivity contribution in [3.63, 3.8) is 0 Å². The normalized spacial score (nSPS) is 10.6. The van der Waals surface area contributed by atoms with Gasteiger partial charge in [-0.3, -0.25) is 0 Å². The number of halogens is 1. The van der Waals surface area contributed by atoms with Gasteiger partial charge < -0.3 is 5.73 Å². The van der Waals surface area contributed by atoms with Gasteiger partial charge >= 0.3 is 0 Å². The van der Waals surface area contributed by atoms with Gasteiger partial charge in [-0.25, -0.2) is 0 Å². The van der Waals surface area contributed by atoms with Crippen LogP contribution in [0.4, 0.5) is 5.69 Å². The van der Waals surface area contributed by atoms with Crippen molar-refractivity contribution < 1.29 is 0 Å². The van der Waals surface area contributed by atoms with E-state index in [1.807, 2.05) is 36.4 Å². The standard InChI is InChI=1S/C13H10ClN5/c14-9-5-7-10(8-6-9)19-13(16-17-18-19)11-3-1-2-4-12(11)15/h1-8H,15H2. The molecule has 3 aromatic rings. The van der Waals surface area contributed by atoms with E-state index in [2.05, 4.69) is 15.5 Å². The molecule has 6 heteroatoms. The third kappa shape index (κ3) is 2.15. The molecule has 3 rings (SSSR count). The SMILES string of the molecule is Nc1ccccc1-c1nnnn1-c1ccc(Cl)cc1. The van der Waals surface area contributed by atoms with E-state index < -0.39 is 0 Å². The van der Waals surface area contributed by atoms with Crippen LogP contribution in [0.5, 0.6) is 0 Å². The molecule has 0 saturated heterocycles. The van der Waals surface area contributed by atoms with Crippen LogP contribution < -0.4 is 5.73 Å². The summed E-state index contributed by atoms with van der Waals surface area (Å²) >= 11 is 5.87. The summed E-state index contributed by atoms with van der Waals surface area (Å²) in [5.41, 5.74) is 8.21. The summed E-state index contributed by atoms with van der Waals surface area (Å²) in [6.07, 6.45) is 0. The van der Waals surface area contributed by atoms with E-state index in [0.29, 0.717) is 16.5 Å². The van der Waals surface area contributed by atoms with Crippen LogP contribution >= 0.6 is 11.6 Å². The highest BCUT2D eigenvalue weighted by molar-refractivity contribution is 6.30. The zero-order valence-electron chi connectivity index (χ0n) is 9.86. The molecule has 2 aromatic carbocycles. The van der Waals surface area contributed by atoms with Gasteiger partial charge in [0, 0.05) is 16.3 Å². The molecular weight excluding hydrogens is 262 g/mol. The van der Waals surface area contributed by atoms with Crippen LogP contribution in [-0.4, -0.2) is 20.2 Å². The van der Waals surface area contributed by atoms with Gasteiger partial charge in [-0.1, -0.05) is 23.7 Å². The van der Waals surface area contributed by atoms with Crippen molar-refractivity contribution in [1.82, 2.24) is 20.2 Å². The monoisotopic (exact) mass is 271 g/mol. The number of rotatable bonds is 2. The first kappa shape index (κ1) is 11.7. The molecule has 19 heavy (non-hydrogen) atoms. The Kier molecular flexibility index (Phi) is 2.89. The van der Waals surface area contributed by atoms with Crippen LogP contribution in [-0.2, 0) is 0 Å². The Balaban J connectivity index is 2.13. The lowest BCUT2D eigenvalue weighted by Crippen LogP contribution is -2.01. The fourth-order valence-electron chi connectivity index (χ4n) is 1.81. The zero-order chi connectivity index (χ0) is 13.2. The van der Waals surface area contributed by atoms with E-state index in [-0.39, 0.29) is 0 Å². The molecule has 5 nitrogen and oxygen atoms in total. The third-order valence-electron chi connectivity index (χ3n) is 2.74. The number of tetrazole rings is 1. The number of para-hydroxylation sites is 1. The van der Waals surface area contributed by atoms with Crippen molar-refractivity contribution >= 4 is 17.3 Å². The van der Waals surface area contributed by atoms with Crippen molar-refractivity contribution in [2.45, 2.75) is 0 Å². The number of aromatic nitrogens is 4. The van der Waals surface area contributed by atoms with E-state index in [9.17, 15) is 0 Å². The minimum atomic E-state index is 0.598. The Morgan fingerprint density at radius 2 is 1.74 bits per heavy atom. The van der Waals surface area contributed by atoms with E-state index in [1.165, 1.54) is 0 Å². The first-order valence-electron chi connectivity index (χ1n) is 5.65. The number of hydrogen-bond donors (Lipinski definition) is 1. The van der Waals surface area contributed by atoms with Crippen LogP contribution in [0, 0.1) is 0 Å². The lowest BCUT2D eigenvalue weighted by molar-refractivity contribution is 0.791. The van der Waals surface area contributed by atoms with Gasteiger partial charge in [0.25, 0.3) is 0 Å². The third-order valence-corrected chi connectivity index (χ3v) is 2.99. The van der Waals surface area contributed by atoms with Crippen molar-refractivity contribution in [3.8, 4) is 17.1 Å². The molecule has 2 N–H and O–H groups in total. The van der Waals surface area contributed by atoms with Crippen LogP contribution in [0.1, 0.15) is 0 Å². The summed E-state index contributed by atoms with van der Waals surface area (Å²) in [6.45, 7) is 0. The maximum atomic E-state index is 5.95. The Hall–Kier alpha value is -2.40. The molecule has 0 fully saturated rings. The fourth-order valence-corrected chi connectivity index (χ4v) is 1.94. The number of benzene rings is 2. The van der Waals surface area contributed by atoms with Gasteiger partial charge in [-0.2, -0.15) is 4.68 Å². The highest BCUT2D eigenvalue weighted by Gasteiger charge is 2.12. The van der Waals surface area contributed by atoms with Crippen molar-refractivity contribution in [3.05, 3.63) is 53.6 Å². The molecule has 0 unspecified atom stereocenters. The summed E-state index contributed by atoms with van der Waals surface area (Å²) in [6, 6.07) is 14.7. The predicted octanol–water partition coefficient (Wildman–Crippen LogP) is 2.56. The van der Waals surface area contributed by atoms with Crippen LogP contribution in [0.2, 0.25) is 5.02 Å². The topological polar surface area (TPSA) is 69.6 Å². The number of hydrogen-bond acceptors (Lipinski definition) is 4. The molecule has 94 valence electrons. The fraction of sp³-hybridized carbons (Fsp3) is 0. The molecule has 0 aliphatic heterocycles. The maximum Gasteiger partial charge on any atom is 0.189 e. The van der Waals surface area contributed by atoms with Gasteiger partial charge in [0.2, 0.25) is 0 Å². The molecule has 0 radical (unpaired) electrons. The average molecular weight is 272 g/mol. The van der Waals surface area contributed by atoms with Crippen molar-refractivity contribution in [1.29, 1.82) is 0 Å². The Bertz CT molecular complexity index is 705. The molecule has 0 bridgehead atoms. The Morgan fingerprint density at radius 3 is 2.47 bits per heavy atom. The first-order chi connectivity index (χ1) is 9.25. The summed E-state index contributed by atoms with van der Waals surface area (Å²) in [5, 5.41) is 12.4. The smallest absolute Gasteiger partial charge is 0.189 e. The van der Waals surface area contributed by atoms with E-state index >= 15 is 0 Å². The van der Waals surface area contributed by atoms with Crippen molar-refractivity contribution in [2.75, 3.05) is 5.73 Å². The number of nitrogens with two attached hydrogens (primary N) is 1. The molecule has 0 aliphatic rings. The highest BCUT2D eigenvalue weighted by atomic mass is 35.5. The highest BCUT2D eigenvalue weighted by Crippen LogP contribution is 2.25. The zero-order valence-corrected chi connectivity index (χ0v) is 10.6. The van der Waals surface area contributed by atoms with Gasteiger partial charge in [-0.05, 0) is 46.8 Å². The molecule has 0 aliphatic carbocycles. The molecule has 0 amide bonds. The number of nitrogen functional groups attached to an aromatic ring is 1. The molecule has 1 heterocycles. The van der Waals surface area contributed by atoms with Crippen LogP contribution in [0.3, 0.4) is 0 Å². The quantitative estimate of drug-likeness (QED) is 0.727. The van der Waals surface area contributed by atoms with E-state index in [4.69, 9.17) is 17.3 Å². The minimum Gasteiger partial charge on any atom is -0.398 e. The maximum absolute atomic E-state index is 5.95. The van der Waals surface area contributed by atoms with E-state index in [0.717, 1.165) is 11.3 Å². The first-order valence-corrected chi connectivity index (χ1v) is 6.03. The second kappa shape index (κ2) is 4.70. The number of anilines is 1. The summed E-state index contributed by atoms with van der Waals surface area (Å²) in [4.78, 5) is 0. The molecule has 1 aromatic heterocycles. The molecule has 0 atom stereocenters. The van der Waals surface area contributed by atoms with Gasteiger partial charge in [0.05, 0.1) is 5.69 Å². The summed E-state index contributed by atoms with van der Waals surface area (Å²) in [5.74, 6) is 0.598. The van der Waals surface area contributed by atoms with Gasteiger partial charge in [-0.15, -0.1) is 5.10 Å². The molecule has 0 saturated carbocycles. The average Bonchev–Trinajstić information content (AvgIpc) is 2.89. The minimum absolute atomic E-state index is 0.598. The second-order valence-electron chi connectivity index (χ2n) is 3.98. The summed E-state index contributed by atoms with van der Waals surface area (Å²) in [7, 11) is 0. The van der Waals surface area contributed by atoms with E-state index in [1.54, 1.807) is 16.8 Å². The van der Waals surface area contributed by atoms with Gasteiger partial charge in [0.1, 0.15) is 0 Å². The van der Waals surface area contributed by atoms with Crippen molar-refractivity contribution in [2.24, 2.45) is 0 Å². The number of nitrogens with zero attached hydrogens (tertiary/aromatic N) is 4. The second-order valence-corrected chi connectivity index (χ2v) is 4.41. The van der Waals surface area contributed by atoms with Crippen LogP contribution in [0.25, 0.3) is 17.1 Å². The Morgan fingerprint density at radius 1 is 1.00 bits per heavy atom. The largest absolute Gasteiger partial charge is 0.398 e. The molecule has 0 spiro atoms. The molecular formula is C13H10ClN5.